The van der Waals surface area contributed by atoms with E-state index in [-0.39, 0.29) is 12.1 Å². The third kappa shape index (κ3) is 4.41. The normalized spacial score (nSPS) is 26.2. The molecule has 5 heteroatoms. The topological polar surface area (TPSA) is 47.0 Å². The van der Waals surface area contributed by atoms with E-state index in [0.29, 0.717) is 5.91 Å². The summed E-state index contributed by atoms with van der Waals surface area (Å²) in [7, 11) is 0. The highest BCUT2D eigenvalue weighted by atomic mass is 16.3. The Kier molecular flexibility index (Phi) is 6.45. The Morgan fingerprint density at radius 2 is 1.90 bits per heavy atom. The third-order valence-electron chi connectivity index (χ3n) is 4.78. The predicted octanol–water partition coefficient (Wildman–Crippen LogP) is 0.776. The monoisotopic (exact) mass is 297 g/mol. The number of likely N-dealkylation sites (tertiary alicyclic amines) is 1. The van der Waals surface area contributed by atoms with Gasteiger partial charge in [0.05, 0.1) is 12.1 Å². The summed E-state index contributed by atoms with van der Waals surface area (Å²) in [6.07, 6.45) is 3.86. The first-order chi connectivity index (χ1) is 10.2. The second-order valence-electron chi connectivity index (χ2n) is 6.38. The average molecular weight is 297 g/mol. The number of aliphatic hydroxyl groups is 1. The Balaban J connectivity index is 1.80. The molecule has 2 saturated heterocycles. The zero-order valence-corrected chi connectivity index (χ0v) is 13.6. The van der Waals surface area contributed by atoms with Crippen molar-refractivity contribution in [3.8, 4) is 0 Å². The summed E-state index contributed by atoms with van der Waals surface area (Å²) in [5.74, 6) is 0.330. The minimum Gasteiger partial charge on any atom is -0.392 e. The van der Waals surface area contributed by atoms with Crippen LogP contribution in [0.25, 0.3) is 0 Å². The molecule has 5 nitrogen and oxygen atoms in total. The molecular formula is C16H31N3O2. The molecule has 0 aromatic carbocycles. The van der Waals surface area contributed by atoms with E-state index in [1.54, 1.807) is 0 Å². The number of hydrogen-bond acceptors (Lipinski definition) is 4. The summed E-state index contributed by atoms with van der Waals surface area (Å²) in [4.78, 5) is 19.4. The van der Waals surface area contributed by atoms with E-state index in [9.17, 15) is 9.90 Å². The van der Waals surface area contributed by atoms with Crippen LogP contribution >= 0.6 is 0 Å². The van der Waals surface area contributed by atoms with Gasteiger partial charge in [0.2, 0.25) is 5.91 Å². The molecule has 21 heavy (non-hydrogen) atoms. The lowest BCUT2D eigenvalue weighted by molar-refractivity contribution is -0.137. The fourth-order valence-corrected chi connectivity index (χ4v) is 3.45. The predicted molar refractivity (Wildman–Crippen MR) is 84.2 cm³/mol. The minimum atomic E-state index is -0.234. The van der Waals surface area contributed by atoms with E-state index in [2.05, 4.69) is 16.7 Å². The molecule has 0 saturated carbocycles. The second kappa shape index (κ2) is 8.11. The maximum absolute atomic E-state index is 12.7. The van der Waals surface area contributed by atoms with Crippen LogP contribution in [0.2, 0.25) is 0 Å². The fraction of sp³-hybridized carbons (Fsp3) is 0.938. The summed E-state index contributed by atoms with van der Waals surface area (Å²) in [6, 6.07) is 0.123. The summed E-state index contributed by atoms with van der Waals surface area (Å²) in [5, 5.41) is 9.72. The van der Waals surface area contributed by atoms with Gasteiger partial charge in [-0.2, -0.15) is 0 Å². The zero-order chi connectivity index (χ0) is 15.2. The van der Waals surface area contributed by atoms with Crippen LogP contribution in [0.1, 0.15) is 39.5 Å². The Morgan fingerprint density at radius 1 is 1.19 bits per heavy atom. The highest BCUT2D eigenvalue weighted by Crippen LogP contribution is 2.20. The van der Waals surface area contributed by atoms with Crippen LogP contribution in [0.3, 0.4) is 0 Å². The van der Waals surface area contributed by atoms with Crippen LogP contribution in [0.4, 0.5) is 0 Å². The van der Waals surface area contributed by atoms with Gasteiger partial charge in [-0.3, -0.25) is 14.6 Å². The maximum Gasteiger partial charge on any atom is 0.240 e. The molecule has 0 aliphatic carbocycles. The maximum atomic E-state index is 12.7. The molecule has 2 aliphatic heterocycles. The molecule has 0 aromatic rings. The summed E-state index contributed by atoms with van der Waals surface area (Å²) in [6.45, 7) is 10.4. The number of rotatable bonds is 6. The van der Waals surface area contributed by atoms with Crippen molar-refractivity contribution in [2.24, 2.45) is 0 Å². The van der Waals surface area contributed by atoms with Gasteiger partial charge in [-0.25, -0.2) is 0 Å². The first-order valence-corrected chi connectivity index (χ1v) is 8.59. The van der Waals surface area contributed by atoms with E-state index in [1.165, 1.54) is 0 Å². The summed E-state index contributed by atoms with van der Waals surface area (Å²) < 4.78 is 0. The summed E-state index contributed by atoms with van der Waals surface area (Å²) in [5.41, 5.74) is 0. The molecule has 1 amide bonds. The van der Waals surface area contributed by atoms with E-state index in [0.717, 1.165) is 71.5 Å². The number of amides is 1. The van der Waals surface area contributed by atoms with Crippen LogP contribution in [-0.4, -0.2) is 83.7 Å². The quantitative estimate of drug-likeness (QED) is 0.787. The molecule has 1 N–H and O–H groups in total. The molecule has 0 unspecified atom stereocenters. The van der Waals surface area contributed by atoms with Crippen molar-refractivity contribution in [2.45, 2.75) is 51.7 Å². The molecule has 0 radical (unpaired) electrons. The molecule has 2 heterocycles. The zero-order valence-electron chi connectivity index (χ0n) is 13.6. The van der Waals surface area contributed by atoms with Gasteiger partial charge in [-0.15, -0.1) is 0 Å². The van der Waals surface area contributed by atoms with Crippen molar-refractivity contribution in [3.05, 3.63) is 0 Å². The fourth-order valence-electron chi connectivity index (χ4n) is 3.45. The number of carbonyl (C=O) groups is 1. The average Bonchev–Trinajstić information content (AvgIpc) is 2.96. The summed E-state index contributed by atoms with van der Waals surface area (Å²) >= 11 is 0. The first-order valence-electron chi connectivity index (χ1n) is 8.59. The lowest BCUT2D eigenvalue weighted by Gasteiger charge is -2.37. The Hall–Kier alpha value is -0.650. The van der Waals surface area contributed by atoms with Gasteiger partial charge in [0.15, 0.2) is 0 Å². The number of aliphatic hydroxyl groups excluding tert-OH is 1. The van der Waals surface area contributed by atoms with Gasteiger partial charge >= 0.3 is 0 Å². The minimum absolute atomic E-state index is 0.123. The number of β-amino-alcohol motifs (C(OH)–C–C–N with tert-alkyl or cyclic N) is 1. The van der Waals surface area contributed by atoms with Crippen LogP contribution in [0.15, 0.2) is 0 Å². The van der Waals surface area contributed by atoms with Crippen molar-refractivity contribution < 1.29 is 9.90 Å². The Labute approximate surface area is 128 Å². The first kappa shape index (κ1) is 16.7. The van der Waals surface area contributed by atoms with Crippen molar-refractivity contribution >= 4 is 5.91 Å². The smallest absolute Gasteiger partial charge is 0.240 e. The van der Waals surface area contributed by atoms with Gasteiger partial charge in [0.25, 0.3) is 0 Å². The number of piperazine rings is 1. The SMILES string of the molecule is CCCN1CCC[C@H]1C(=O)N1CCN(C[C@@H](O)CC)CC1. The molecule has 122 valence electrons. The highest BCUT2D eigenvalue weighted by molar-refractivity contribution is 5.82. The second-order valence-corrected chi connectivity index (χ2v) is 6.38. The van der Waals surface area contributed by atoms with E-state index in [4.69, 9.17) is 0 Å². The van der Waals surface area contributed by atoms with E-state index >= 15 is 0 Å². The molecular weight excluding hydrogens is 266 g/mol. The largest absolute Gasteiger partial charge is 0.392 e. The van der Waals surface area contributed by atoms with Gasteiger partial charge in [0, 0.05) is 32.7 Å². The van der Waals surface area contributed by atoms with Gasteiger partial charge in [0.1, 0.15) is 0 Å². The number of nitrogens with zero attached hydrogens (tertiary/aromatic N) is 3. The number of hydrogen-bond donors (Lipinski definition) is 1. The third-order valence-corrected chi connectivity index (χ3v) is 4.78. The Bertz CT molecular complexity index is 329. The highest BCUT2D eigenvalue weighted by Gasteiger charge is 2.34. The molecule has 2 rings (SSSR count). The van der Waals surface area contributed by atoms with Crippen LogP contribution in [-0.2, 0) is 4.79 Å². The van der Waals surface area contributed by atoms with Crippen LogP contribution < -0.4 is 0 Å². The lowest BCUT2D eigenvalue weighted by atomic mass is 10.1. The molecule has 2 aliphatic rings. The van der Waals surface area contributed by atoms with Gasteiger partial charge < -0.3 is 10.0 Å². The molecule has 2 fully saturated rings. The lowest BCUT2D eigenvalue weighted by Crippen LogP contribution is -2.54. The van der Waals surface area contributed by atoms with Crippen molar-refractivity contribution in [3.63, 3.8) is 0 Å². The van der Waals surface area contributed by atoms with Crippen molar-refractivity contribution in [2.75, 3.05) is 45.8 Å². The molecule has 0 spiro atoms. The Morgan fingerprint density at radius 3 is 2.52 bits per heavy atom. The molecule has 2 atom stereocenters. The number of carbonyl (C=O) groups excluding carboxylic acids is 1. The standard InChI is InChI=1S/C16H31N3O2/c1-3-7-18-8-5-6-15(18)16(21)19-11-9-17(10-12-19)13-14(20)4-2/h14-15,20H,3-13H2,1-2H3/t14-,15-/m0/s1. The van der Waals surface area contributed by atoms with Crippen molar-refractivity contribution in [1.82, 2.24) is 14.7 Å². The van der Waals surface area contributed by atoms with Crippen LogP contribution in [0.5, 0.6) is 0 Å². The van der Waals surface area contributed by atoms with Crippen molar-refractivity contribution in [1.29, 1.82) is 0 Å². The van der Waals surface area contributed by atoms with Crippen LogP contribution in [0, 0.1) is 0 Å². The molecule has 0 aromatic heterocycles. The van der Waals surface area contributed by atoms with Gasteiger partial charge in [-0.05, 0) is 38.8 Å². The van der Waals surface area contributed by atoms with E-state index in [1.807, 2.05) is 11.8 Å². The molecule has 0 bridgehead atoms. The van der Waals surface area contributed by atoms with E-state index < -0.39 is 0 Å². The van der Waals surface area contributed by atoms with Gasteiger partial charge in [-0.1, -0.05) is 13.8 Å².